The number of rotatable bonds is 2. The highest BCUT2D eigenvalue weighted by Gasteiger charge is 2.49. The lowest BCUT2D eigenvalue weighted by Crippen LogP contribution is -2.56. The van der Waals surface area contributed by atoms with Crippen LogP contribution in [-0.2, 0) is 14.9 Å². The van der Waals surface area contributed by atoms with Crippen molar-refractivity contribution in [1.82, 2.24) is 4.90 Å². The van der Waals surface area contributed by atoms with Crippen LogP contribution in [0.3, 0.4) is 0 Å². The zero-order chi connectivity index (χ0) is 17.4. The van der Waals surface area contributed by atoms with Gasteiger partial charge in [-0.2, -0.15) is 0 Å². The number of ether oxygens (including phenoxy) is 1. The Morgan fingerprint density at radius 3 is 2.50 bits per heavy atom. The lowest BCUT2D eigenvalue weighted by molar-refractivity contribution is -0.164. The molecule has 0 unspecified atom stereocenters. The van der Waals surface area contributed by atoms with Gasteiger partial charge in [-0.05, 0) is 64.8 Å². The van der Waals surface area contributed by atoms with Crippen LogP contribution in [0.4, 0.5) is 0 Å². The fraction of sp³-hybridized carbons (Fsp3) is 0.571. The molecule has 2 atom stereocenters. The summed E-state index contributed by atoms with van der Waals surface area (Å²) in [6.45, 7) is 9.98. The van der Waals surface area contributed by atoms with E-state index in [4.69, 9.17) is 4.74 Å². The second-order valence-corrected chi connectivity index (χ2v) is 8.19. The van der Waals surface area contributed by atoms with Crippen molar-refractivity contribution in [2.45, 2.75) is 64.0 Å². The molecule has 1 aromatic rings. The van der Waals surface area contributed by atoms with E-state index >= 15 is 0 Å². The first-order valence-electron chi connectivity index (χ1n) is 9.07. The Hall–Kier alpha value is -1.61. The quantitative estimate of drug-likeness (QED) is 0.764. The zero-order valence-corrected chi connectivity index (χ0v) is 15.3. The monoisotopic (exact) mass is 327 g/mol. The number of hydrogen-bond donors (Lipinski definition) is 0. The van der Waals surface area contributed by atoms with Crippen LogP contribution in [0, 0.1) is 0 Å². The Labute approximate surface area is 145 Å². The van der Waals surface area contributed by atoms with Gasteiger partial charge >= 0.3 is 5.97 Å². The molecule has 1 aliphatic heterocycles. The summed E-state index contributed by atoms with van der Waals surface area (Å²) in [5.41, 5.74) is 1.05. The van der Waals surface area contributed by atoms with E-state index in [1.165, 1.54) is 19.3 Å². The van der Waals surface area contributed by atoms with Crippen molar-refractivity contribution in [3.63, 3.8) is 0 Å². The van der Waals surface area contributed by atoms with Gasteiger partial charge in [-0.15, -0.1) is 0 Å². The van der Waals surface area contributed by atoms with Gasteiger partial charge in [0.15, 0.2) is 0 Å². The first-order valence-corrected chi connectivity index (χ1v) is 9.07. The number of piperidine rings is 1. The van der Waals surface area contributed by atoms with Crippen LogP contribution in [0.2, 0.25) is 0 Å². The Balaban J connectivity index is 2.03. The highest BCUT2D eigenvalue weighted by molar-refractivity contribution is 5.88. The SMILES string of the molecule is CC(C)(C)OC(=O)[C@]1(C)c2ccccc2C=C[C@@H]1N1CCCCC1. The van der Waals surface area contributed by atoms with E-state index in [2.05, 4.69) is 36.1 Å². The number of esters is 1. The van der Waals surface area contributed by atoms with Gasteiger partial charge in [-0.3, -0.25) is 9.69 Å². The first-order chi connectivity index (χ1) is 11.3. The highest BCUT2D eigenvalue weighted by atomic mass is 16.6. The molecule has 24 heavy (non-hydrogen) atoms. The molecule has 3 heteroatoms. The molecule has 3 nitrogen and oxygen atoms in total. The summed E-state index contributed by atoms with van der Waals surface area (Å²) < 4.78 is 5.86. The lowest BCUT2D eigenvalue weighted by Gasteiger charge is -2.46. The number of benzene rings is 1. The largest absolute Gasteiger partial charge is 0.459 e. The fourth-order valence-electron chi connectivity index (χ4n) is 3.96. The van der Waals surface area contributed by atoms with Crippen LogP contribution in [0.25, 0.3) is 6.08 Å². The van der Waals surface area contributed by atoms with Gasteiger partial charge < -0.3 is 4.74 Å². The summed E-state index contributed by atoms with van der Waals surface area (Å²) >= 11 is 0. The Morgan fingerprint density at radius 2 is 1.83 bits per heavy atom. The number of likely N-dealkylation sites (tertiary alicyclic amines) is 1. The molecule has 1 aliphatic carbocycles. The molecular formula is C21H29NO2. The molecule has 1 fully saturated rings. The molecule has 1 aromatic carbocycles. The summed E-state index contributed by atoms with van der Waals surface area (Å²) in [7, 11) is 0. The number of carbonyl (C=O) groups excluding carboxylic acids is 1. The molecule has 2 aliphatic rings. The summed E-state index contributed by atoms with van der Waals surface area (Å²) in [5, 5.41) is 0. The Kier molecular flexibility index (Phi) is 4.56. The molecule has 0 spiro atoms. The van der Waals surface area contributed by atoms with Crippen LogP contribution in [0.15, 0.2) is 30.3 Å². The molecule has 0 saturated carbocycles. The summed E-state index contributed by atoms with van der Waals surface area (Å²) in [6, 6.07) is 8.27. The predicted octanol–water partition coefficient (Wildman–Crippen LogP) is 4.17. The van der Waals surface area contributed by atoms with Crippen LogP contribution >= 0.6 is 0 Å². The van der Waals surface area contributed by atoms with Gasteiger partial charge in [0.25, 0.3) is 0 Å². The maximum Gasteiger partial charge on any atom is 0.318 e. The average Bonchev–Trinajstić information content (AvgIpc) is 2.54. The minimum atomic E-state index is -0.671. The van der Waals surface area contributed by atoms with E-state index in [-0.39, 0.29) is 12.0 Å². The van der Waals surface area contributed by atoms with E-state index in [1.54, 1.807) is 0 Å². The van der Waals surface area contributed by atoms with E-state index in [0.717, 1.165) is 24.2 Å². The minimum Gasteiger partial charge on any atom is -0.459 e. The fourth-order valence-corrected chi connectivity index (χ4v) is 3.96. The number of hydrogen-bond acceptors (Lipinski definition) is 3. The van der Waals surface area contributed by atoms with E-state index in [1.807, 2.05) is 32.9 Å². The van der Waals surface area contributed by atoms with Crippen molar-refractivity contribution in [1.29, 1.82) is 0 Å². The number of fused-ring (bicyclic) bond motifs is 1. The van der Waals surface area contributed by atoms with Crippen LogP contribution < -0.4 is 0 Å². The zero-order valence-electron chi connectivity index (χ0n) is 15.3. The second-order valence-electron chi connectivity index (χ2n) is 8.19. The Morgan fingerprint density at radius 1 is 1.17 bits per heavy atom. The van der Waals surface area contributed by atoms with Crippen LogP contribution in [-0.4, -0.2) is 35.6 Å². The third kappa shape index (κ3) is 3.14. The van der Waals surface area contributed by atoms with Gasteiger partial charge in [0, 0.05) is 6.04 Å². The third-order valence-electron chi connectivity index (χ3n) is 5.18. The summed E-state index contributed by atoms with van der Waals surface area (Å²) in [6.07, 6.45) is 8.07. The minimum absolute atomic E-state index is 0.0579. The lowest BCUT2D eigenvalue weighted by atomic mass is 9.69. The number of nitrogens with zero attached hydrogens (tertiary/aromatic N) is 1. The van der Waals surface area contributed by atoms with Crippen molar-refractivity contribution in [3.8, 4) is 0 Å². The van der Waals surface area contributed by atoms with Crippen molar-refractivity contribution >= 4 is 12.0 Å². The molecule has 130 valence electrons. The second kappa shape index (κ2) is 6.36. The first kappa shape index (κ1) is 17.2. The number of carbonyl (C=O) groups is 1. The normalized spacial score (nSPS) is 27.6. The van der Waals surface area contributed by atoms with Gasteiger partial charge in [0.2, 0.25) is 0 Å². The molecule has 0 radical (unpaired) electrons. The van der Waals surface area contributed by atoms with Gasteiger partial charge in [0.05, 0.1) is 0 Å². The highest BCUT2D eigenvalue weighted by Crippen LogP contribution is 2.41. The van der Waals surface area contributed by atoms with Crippen molar-refractivity contribution in [2.24, 2.45) is 0 Å². The third-order valence-corrected chi connectivity index (χ3v) is 5.18. The van der Waals surface area contributed by atoms with Crippen molar-refractivity contribution in [2.75, 3.05) is 13.1 Å². The molecular weight excluding hydrogens is 298 g/mol. The van der Waals surface area contributed by atoms with Gasteiger partial charge in [0.1, 0.15) is 11.0 Å². The molecule has 0 aromatic heterocycles. The maximum atomic E-state index is 13.3. The molecule has 1 heterocycles. The van der Waals surface area contributed by atoms with Crippen molar-refractivity contribution in [3.05, 3.63) is 41.5 Å². The molecule has 0 bridgehead atoms. The van der Waals surface area contributed by atoms with Gasteiger partial charge in [-0.25, -0.2) is 0 Å². The van der Waals surface area contributed by atoms with Crippen LogP contribution in [0.5, 0.6) is 0 Å². The van der Waals surface area contributed by atoms with Crippen LogP contribution in [0.1, 0.15) is 58.1 Å². The molecule has 3 rings (SSSR count). The average molecular weight is 327 g/mol. The van der Waals surface area contributed by atoms with E-state index in [0.29, 0.717) is 0 Å². The molecule has 1 saturated heterocycles. The molecule has 0 N–H and O–H groups in total. The van der Waals surface area contributed by atoms with E-state index in [9.17, 15) is 4.79 Å². The topological polar surface area (TPSA) is 29.5 Å². The van der Waals surface area contributed by atoms with E-state index < -0.39 is 11.0 Å². The smallest absolute Gasteiger partial charge is 0.318 e. The Bertz CT molecular complexity index is 637. The summed E-state index contributed by atoms with van der Waals surface area (Å²) in [5.74, 6) is -0.123. The summed E-state index contributed by atoms with van der Waals surface area (Å²) in [4.78, 5) is 15.7. The van der Waals surface area contributed by atoms with Gasteiger partial charge in [-0.1, -0.05) is 42.8 Å². The maximum absolute atomic E-state index is 13.3. The predicted molar refractivity (Wildman–Crippen MR) is 97.9 cm³/mol. The molecule has 0 amide bonds. The standard InChI is InChI=1S/C21H29NO2/c1-20(2,3)24-19(23)21(4)17-11-7-6-10-16(17)12-13-18(21)22-14-8-5-9-15-22/h6-7,10-13,18H,5,8-9,14-15H2,1-4H3/t18-,21+/m0/s1. The van der Waals surface area contributed by atoms with Crippen molar-refractivity contribution < 1.29 is 9.53 Å².